The Hall–Kier alpha value is -2.38. The largest absolute Gasteiger partial charge is 0.481 e. The lowest BCUT2D eigenvalue weighted by Crippen LogP contribution is -2.31. The van der Waals surface area contributed by atoms with Crippen molar-refractivity contribution >= 4 is 40.7 Å². The maximum atomic E-state index is 12.1. The third-order valence-electron chi connectivity index (χ3n) is 3.64. The molecule has 1 heterocycles. The van der Waals surface area contributed by atoms with Crippen molar-refractivity contribution in [2.75, 3.05) is 6.54 Å². The van der Waals surface area contributed by atoms with Gasteiger partial charge in [-0.2, -0.15) is 11.3 Å². The Kier molecular flexibility index (Phi) is 7.62. The van der Waals surface area contributed by atoms with Crippen molar-refractivity contribution in [3.63, 3.8) is 0 Å². The van der Waals surface area contributed by atoms with Gasteiger partial charge in [0, 0.05) is 28.9 Å². The van der Waals surface area contributed by atoms with Crippen LogP contribution in [0.4, 0.5) is 0 Å². The molecule has 0 saturated heterocycles. The Morgan fingerprint density at radius 1 is 1.15 bits per heavy atom. The second kappa shape index (κ2) is 9.94. The molecule has 0 spiro atoms. The monoisotopic (exact) mass is 394 g/mol. The highest BCUT2D eigenvalue weighted by Crippen LogP contribution is 2.19. The molecule has 1 aromatic carbocycles. The quantitative estimate of drug-likeness (QED) is 0.569. The van der Waals surface area contributed by atoms with E-state index >= 15 is 0 Å². The van der Waals surface area contributed by atoms with Crippen LogP contribution in [0.1, 0.15) is 41.2 Å². The molecule has 2 aromatic rings. The number of carbonyl (C=O) groups is 3. The highest BCUT2D eigenvalue weighted by Gasteiger charge is 2.18. The van der Waals surface area contributed by atoms with E-state index in [-0.39, 0.29) is 24.7 Å². The molecule has 0 aliphatic rings. The van der Waals surface area contributed by atoms with Crippen LogP contribution in [-0.4, -0.2) is 29.4 Å². The van der Waals surface area contributed by atoms with Crippen LogP contribution in [0.25, 0.3) is 0 Å². The van der Waals surface area contributed by atoms with E-state index in [0.717, 1.165) is 0 Å². The van der Waals surface area contributed by atoms with E-state index < -0.39 is 12.0 Å². The summed E-state index contributed by atoms with van der Waals surface area (Å²) in [5.41, 5.74) is 1.28. The minimum absolute atomic E-state index is 0.170. The van der Waals surface area contributed by atoms with Crippen molar-refractivity contribution < 1.29 is 19.5 Å². The first-order valence-electron chi connectivity index (χ1n) is 8.02. The summed E-state index contributed by atoms with van der Waals surface area (Å²) in [7, 11) is 0. The lowest BCUT2D eigenvalue weighted by Gasteiger charge is -2.17. The first-order valence-corrected chi connectivity index (χ1v) is 9.35. The predicted octanol–water partition coefficient (Wildman–Crippen LogP) is 3.24. The zero-order chi connectivity index (χ0) is 18.9. The van der Waals surface area contributed by atoms with Gasteiger partial charge in [-0.25, -0.2) is 0 Å². The zero-order valence-corrected chi connectivity index (χ0v) is 15.5. The molecule has 3 N–H and O–H groups in total. The van der Waals surface area contributed by atoms with Crippen LogP contribution in [-0.2, 0) is 9.59 Å². The average Bonchev–Trinajstić information content (AvgIpc) is 3.13. The predicted molar refractivity (Wildman–Crippen MR) is 100 cm³/mol. The van der Waals surface area contributed by atoms with Gasteiger partial charge in [0.2, 0.25) is 5.91 Å². The molecule has 1 aromatic heterocycles. The van der Waals surface area contributed by atoms with Gasteiger partial charge in [0.1, 0.15) is 0 Å². The van der Waals surface area contributed by atoms with Gasteiger partial charge in [0.25, 0.3) is 5.91 Å². The molecule has 0 radical (unpaired) electrons. The van der Waals surface area contributed by atoms with E-state index in [1.807, 2.05) is 5.38 Å². The van der Waals surface area contributed by atoms with Crippen LogP contribution in [0.15, 0.2) is 41.1 Å². The summed E-state index contributed by atoms with van der Waals surface area (Å²) in [6.45, 7) is 0.368. The number of hydrogen-bond acceptors (Lipinski definition) is 4. The number of amides is 2. The van der Waals surface area contributed by atoms with E-state index in [1.54, 1.807) is 35.7 Å². The summed E-state index contributed by atoms with van der Waals surface area (Å²) in [6, 6.07) is 7.79. The van der Waals surface area contributed by atoms with E-state index in [2.05, 4.69) is 10.6 Å². The number of nitrogens with one attached hydrogen (secondary N) is 2. The van der Waals surface area contributed by atoms with Crippen LogP contribution in [0.3, 0.4) is 0 Å². The van der Waals surface area contributed by atoms with E-state index in [9.17, 15) is 14.4 Å². The van der Waals surface area contributed by atoms with Gasteiger partial charge in [0.05, 0.1) is 12.5 Å². The molecule has 8 heteroatoms. The van der Waals surface area contributed by atoms with E-state index in [1.165, 1.54) is 11.3 Å². The minimum atomic E-state index is -1.01. The lowest BCUT2D eigenvalue weighted by atomic mass is 10.0. The van der Waals surface area contributed by atoms with Gasteiger partial charge in [-0.3, -0.25) is 14.4 Å². The highest BCUT2D eigenvalue weighted by atomic mass is 35.5. The fourth-order valence-electron chi connectivity index (χ4n) is 2.34. The lowest BCUT2D eigenvalue weighted by molar-refractivity contribution is -0.137. The van der Waals surface area contributed by atoms with Crippen LogP contribution < -0.4 is 10.6 Å². The SMILES string of the molecule is O=C(O)C[C@H](NC(=O)CCCNC(=O)c1ccsc1)c1ccc(Cl)cc1. The first-order chi connectivity index (χ1) is 12.5. The number of halogens is 1. The topological polar surface area (TPSA) is 95.5 Å². The van der Waals surface area contributed by atoms with Crippen LogP contribution in [0.5, 0.6) is 0 Å². The molecule has 26 heavy (non-hydrogen) atoms. The third-order valence-corrected chi connectivity index (χ3v) is 4.57. The van der Waals surface area contributed by atoms with E-state index in [0.29, 0.717) is 29.1 Å². The number of carboxylic acid groups (broad SMARTS) is 1. The maximum Gasteiger partial charge on any atom is 0.305 e. The molecule has 6 nitrogen and oxygen atoms in total. The van der Waals surface area contributed by atoms with Gasteiger partial charge in [-0.05, 0) is 35.6 Å². The number of rotatable bonds is 9. The summed E-state index contributed by atoms with van der Waals surface area (Å²) in [5.74, 6) is -1.44. The first kappa shape index (κ1) is 19.9. The molecule has 0 aliphatic carbocycles. The standard InChI is InChI=1S/C18H19ClN2O4S/c19-14-5-3-12(4-6-14)15(10-17(23)24)21-16(22)2-1-8-20-18(25)13-7-9-26-11-13/h3-7,9,11,15H,1-2,8,10H2,(H,20,25)(H,21,22)(H,23,24)/t15-/m0/s1. The van der Waals surface area contributed by atoms with Crippen molar-refractivity contribution in [3.05, 3.63) is 57.2 Å². The fourth-order valence-corrected chi connectivity index (χ4v) is 3.10. The number of hydrogen-bond donors (Lipinski definition) is 3. The smallest absolute Gasteiger partial charge is 0.305 e. The molecule has 1 atom stereocenters. The second-order valence-corrected chi connectivity index (χ2v) is 6.86. The van der Waals surface area contributed by atoms with Gasteiger partial charge in [0.15, 0.2) is 0 Å². The van der Waals surface area contributed by atoms with Gasteiger partial charge in [-0.15, -0.1) is 0 Å². The molecule has 0 bridgehead atoms. The molecule has 0 saturated carbocycles. The zero-order valence-electron chi connectivity index (χ0n) is 13.9. The molecule has 0 aliphatic heterocycles. The number of carbonyl (C=O) groups excluding carboxylic acids is 2. The van der Waals surface area contributed by atoms with Crippen molar-refractivity contribution in [1.82, 2.24) is 10.6 Å². The number of thiophene rings is 1. The Labute approximate surface area is 160 Å². The minimum Gasteiger partial charge on any atom is -0.481 e. The van der Waals surface area contributed by atoms with Crippen molar-refractivity contribution in [2.45, 2.75) is 25.3 Å². The molecule has 0 fully saturated rings. The Balaban J connectivity index is 1.80. The molecule has 2 rings (SSSR count). The van der Waals surface area contributed by atoms with Crippen molar-refractivity contribution in [1.29, 1.82) is 0 Å². The second-order valence-electron chi connectivity index (χ2n) is 5.64. The van der Waals surface area contributed by atoms with Crippen molar-refractivity contribution in [2.24, 2.45) is 0 Å². The summed E-state index contributed by atoms with van der Waals surface area (Å²) >= 11 is 7.28. The summed E-state index contributed by atoms with van der Waals surface area (Å²) in [5, 5.41) is 18.6. The summed E-state index contributed by atoms with van der Waals surface area (Å²) in [4.78, 5) is 34.9. The third kappa shape index (κ3) is 6.50. The van der Waals surface area contributed by atoms with E-state index in [4.69, 9.17) is 16.7 Å². The normalized spacial score (nSPS) is 11.6. The Morgan fingerprint density at radius 3 is 2.50 bits per heavy atom. The molecular formula is C18H19ClN2O4S. The maximum absolute atomic E-state index is 12.1. The fraction of sp³-hybridized carbons (Fsp3) is 0.278. The summed E-state index contributed by atoms with van der Waals surface area (Å²) in [6.07, 6.45) is 0.429. The molecule has 0 unspecified atom stereocenters. The highest BCUT2D eigenvalue weighted by molar-refractivity contribution is 7.08. The molecular weight excluding hydrogens is 376 g/mol. The molecule has 138 valence electrons. The van der Waals surface area contributed by atoms with Crippen LogP contribution in [0.2, 0.25) is 5.02 Å². The molecule has 2 amide bonds. The van der Waals surface area contributed by atoms with Gasteiger partial charge < -0.3 is 15.7 Å². The van der Waals surface area contributed by atoms with Gasteiger partial charge in [-0.1, -0.05) is 23.7 Å². The number of aliphatic carboxylic acids is 1. The van der Waals surface area contributed by atoms with Crippen LogP contribution >= 0.6 is 22.9 Å². The van der Waals surface area contributed by atoms with Crippen LogP contribution in [0, 0.1) is 0 Å². The summed E-state index contributed by atoms with van der Waals surface area (Å²) < 4.78 is 0. The number of carboxylic acids is 1. The average molecular weight is 395 g/mol. The number of benzene rings is 1. The Morgan fingerprint density at radius 2 is 1.88 bits per heavy atom. The van der Waals surface area contributed by atoms with Crippen molar-refractivity contribution in [3.8, 4) is 0 Å². The van der Waals surface area contributed by atoms with Gasteiger partial charge >= 0.3 is 5.97 Å². The Bertz CT molecular complexity index is 747.